The second kappa shape index (κ2) is 11.1. The minimum atomic E-state index is -0.432. The van der Waals surface area contributed by atoms with Crippen LogP contribution in [0.2, 0.25) is 0 Å². The second-order valence-electron chi connectivity index (χ2n) is 4.37. The molecular formula is C17H22O3. The predicted molar refractivity (Wildman–Crippen MR) is 79.0 cm³/mol. The van der Waals surface area contributed by atoms with Crippen LogP contribution in [0, 0.1) is 11.8 Å². The first-order valence-corrected chi connectivity index (χ1v) is 7.10. The molecule has 1 aromatic rings. The molecule has 0 aliphatic carbocycles. The largest absolute Gasteiger partial charge is 0.456 e. The lowest BCUT2D eigenvalue weighted by atomic mass is 10.2. The maximum atomic E-state index is 10.9. The number of ether oxygens (including phenoxy) is 2. The second-order valence-corrected chi connectivity index (χ2v) is 4.37. The third kappa shape index (κ3) is 8.34. The molecule has 0 N–H and O–H groups in total. The van der Waals surface area contributed by atoms with E-state index in [9.17, 15) is 4.79 Å². The molecule has 0 radical (unpaired) electrons. The molecule has 1 rings (SSSR count). The van der Waals surface area contributed by atoms with Crippen LogP contribution in [0.25, 0.3) is 0 Å². The first kappa shape index (κ1) is 16.3. The molecule has 108 valence electrons. The Hall–Kier alpha value is -1.79. The van der Waals surface area contributed by atoms with E-state index < -0.39 is 5.97 Å². The van der Waals surface area contributed by atoms with Gasteiger partial charge in [-0.1, -0.05) is 42.7 Å². The van der Waals surface area contributed by atoms with Gasteiger partial charge in [-0.25, -0.2) is 4.79 Å². The number of esters is 1. The van der Waals surface area contributed by atoms with Gasteiger partial charge in [-0.3, -0.25) is 0 Å². The topological polar surface area (TPSA) is 35.5 Å². The lowest BCUT2D eigenvalue weighted by molar-refractivity contribution is -0.136. The lowest BCUT2D eigenvalue weighted by Crippen LogP contribution is -1.99. The van der Waals surface area contributed by atoms with Crippen LogP contribution in [-0.2, 0) is 20.9 Å². The Morgan fingerprint density at radius 2 is 1.95 bits per heavy atom. The zero-order valence-electron chi connectivity index (χ0n) is 12.1. The van der Waals surface area contributed by atoms with Crippen LogP contribution < -0.4 is 0 Å². The summed E-state index contributed by atoms with van der Waals surface area (Å²) in [5, 5.41) is 0. The summed E-state index contributed by atoms with van der Waals surface area (Å²) in [6.07, 6.45) is 3.80. The van der Waals surface area contributed by atoms with Gasteiger partial charge in [-0.05, 0) is 25.3 Å². The van der Waals surface area contributed by atoms with E-state index in [0.29, 0.717) is 13.2 Å². The van der Waals surface area contributed by atoms with E-state index in [1.807, 2.05) is 18.2 Å². The van der Waals surface area contributed by atoms with E-state index in [2.05, 4.69) is 24.0 Å². The molecule has 0 aliphatic rings. The maximum absolute atomic E-state index is 10.9. The van der Waals surface area contributed by atoms with E-state index in [4.69, 9.17) is 9.47 Å². The summed E-state index contributed by atoms with van der Waals surface area (Å²) in [5.74, 6) is 4.85. The zero-order chi connectivity index (χ0) is 14.5. The molecule has 0 fully saturated rings. The minimum absolute atomic E-state index is 0.381. The Morgan fingerprint density at radius 1 is 1.15 bits per heavy atom. The van der Waals surface area contributed by atoms with Gasteiger partial charge in [0.05, 0.1) is 13.2 Å². The van der Waals surface area contributed by atoms with Gasteiger partial charge in [-0.15, -0.1) is 0 Å². The number of carbonyl (C=O) groups excluding carboxylic acids is 1. The first-order valence-electron chi connectivity index (χ1n) is 7.10. The molecule has 0 atom stereocenters. The molecule has 3 nitrogen and oxygen atoms in total. The Kier molecular flexibility index (Phi) is 9.00. The number of carbonyl (C=O) groups is 1. The summed E-state index contributed by atoms with van der Waals surface area (Å²) < 4.78 is 10.3. The summed E-state index contributed by atoms with van der Waals surface area (Å²) in [6, 6.07) is 10.2. The molecular weight excluding hydrogens is 252 g/mol. The molecule has 3 heteroatoms. The van der Waals surface area contributed by atoms with E-state index in [1.54, 1.807) is 6.92 Å². The molecule has 1 aromatic carbocycles. The quantitative estimate of drug-likeness (QED) is 0.316. The molecule has 0 saturated carbocycles. The van der Waals surface area contributed by atoms with E-state index in [0.717, 1.165) is 32.3 Å². The highest BCUT2D eigenvalue weighted by Crippen LogP contribution is 2.03. The van der Waals surface area contributed by atoms with E-state index >= 15 is 0 Å². The van der Waals surface area contributed by atoms with Crippen molar-refractivity contribution in [2.24, 2.45) is 0 Å². The maximum Gasteiger partial charge on any atom is 0.384 e. The molecule has 0 amide bonds. The number of rotatable bonds is 8. The third-order valence-corrected chi connectivity index (χ3v) is 2.67. The molecule has 0 aromatic heterocycles. The number of unbranched alkanes of at least 4 members (excludes halogenated alkanes) is 3. The van der Waals surface area contributed by atoms with Crippen molar-refractivity contribution in [1.82, 2.24) is 0 Å². The Morgan fingerprint density at radius 3 is 2.70 bits per heavy atom. The predicted octanol–water partition coefficient (Wildman–Crippen LogP) is 3.33. The lowest BCUT2D eigenvalue weighted by Gasteiger charge is -2.03. The van der Waals surface area contributed by atoms with Crippen LogP contribution in [0.15, 0.2) is 30.3 Å². The van der Waals surface area contributed by atoms with Crippen LogP contribution in [-0.4, -0.2) is 19.2 Å². The van der Waals surface area contributed by atoms with Gasteiger partial charge in [-0.2, -0.15) is 0 Å². The summed E-state index contributed by atoms with van der Waals surface area (Å²) >= 11 is 0. The monoisotopic (exact) mass is 274 g/mol. The van der Waals surface area contributed by atoms with Crippen molar-refractivity contribution in [3.63, 3.8) is 0 Å². The fraction of sp³-hybridized carbons (Fsp3) is 0.471. The van der Waals surface area contributed by atoms with Crippen molar-refractivity contribution in [2.45, 2.75) is 39.2 Å². The average Bonchev–Trinajstić information content (AvgIpc) is 2.47. The van der Waals surface area contributed by atoms with Crippen LogP contribution in [0.1, 0.15) is 38.2 Å². The van der Waals surface area contributed by atoms with Gasteiger partial charge >= 0.3 is 5.97 Å². The fourth-order valence-electron chi connectivity index (χ4n) is 1.66. The van der Waals surface area contributed by atoms with Gasteiger partial charge in [0.25, 0.3) is 0 Å². The van der Waals surface area contributed by atoms with Gasteiger partial charge in [0.15, 0.2) is 0 Å². The van der Waals surface area contributed by atoms with Crippen LogP contribution >= 0.6 is 0 Å². The van der Waals surface area contributed by atoms with Crippen molar-refractivity contribution in [2.75, 3.05) is 13.2 Å². The van der Waals surface area contributed by atoms with Gasteiger partial charge < -0.3 is 9.47 Å². The minimum Gasteiger partial charge on any atom is -0.456 e. The SMILES string of the molecule is CCOC(=O)C#CCCCCCOCc1ccccc1. The number of benzene rings is 1. The summed E-state index contributed by atoms with van der Waals surface area (Å²) in [7, 11) is 0. The summed E-state index contributed by atoms with van der Waals surface area (Å²) in [4.78, 5) is 10.9. The fourth-order valence-corrected chi connectivity index (χ4v) is 1.66. The highest BCUT2D eigenvalue weighted by molar-refractivity contribution is 5.88. The third-order valence-electron chi connectivity index (χ3n) is 2.67. The van der Waals surface area contributed by atoms with Crippen LogP contribution in [0.3, 0.4) is 0 Å². The molecule has 0 saturated heterocycles. The summed E-state index contributed by atoms with van der Waals surface area (Å²) in [5.41, 5.74) is 1.20. The van der Waals surface area contributed by atoms with Gasteiger partial charge in [0.1, 0.15) is 0 Å². The van der Waals surface area contributed by atoms with Crippen molar-refractivity contribution in [3.8, 4) is 11.8 Å². The average molecular weight is 274 g/mol. The zero-order valence-corrected chi connectivity index (χ0v) is 12.1. The molecule has 0 heterocycles. The highest BCUT2D eigenvalue weighted by Gasteiger charge is 1.93. The number of hydrogen-bond donors (Lipinski definition) is 0. The van der Waals surface area contributed by atoms with E-state index in [-0.39, 0.29) is 0 Å². The Bertz CT molecular complexity index is 429. The smallest absolute Gasteiger partial charge is 0.384 e. The van der Waals surface area contributed by atoms with E-state index in [1.165, 1.54) is 5.56 Å². The van der Waals surface area contributed by atoms with Crippen molar-refractivity contribution in [3.05, 3.63) is 35.9 Å². The van der Waals surface area contributed by atoms with Crippen molar-refractivity contribution >= 4 is 5.97 Å². The molecule has 0 spiro atoms. The normalized spacial score (nSPS) is 9.65. The van der Waals surface area contributed by atoms with Crippen LogP contribution in [0.5, 0.6) is 0 Å². The standard InChI is InChI=1S/C17H22O3/c1-2-20-17(18)13-9-4-3-5-10-14-19-15-16-11-7-6-8-12-16/h6-8,11-12H,2-5,10,14-15H2,1H3. The molecule has 0 bridgehead atoms. The number of hydrogen-bond acceptors (Lipinski definition) is 3. The van der Waals surface area contributed by atoms with Crippen LogP contribution in [0.4, 0.5) is 0 Å². The van der Waals surface area contributed by atoms with Gasteiger partial charge in [0, 0.05) is 18.9 Å². The summed E-state index contributed by atoms with van der Waals surface area (Å²) in [6.45, 7) is 3.59. The molecule has 20 heavy (non-hydrogen) atoms. The molecule has 0 unspecified atom stereocenters. The first-order chi connectivity index (χ1) is 9.83. The highest BCUT2D eigenvalue weighted by atomic mass is 16.5. The van der Waals surface area contributed by atoms with Crippen molar-refractivity contribution < 1.29 is 14.3 Å². The van der Waals surface area contributed by atoms with Crippen molar-refractivity contribution in [1.29, 1.82) is 0 Å². The Balaban J connectivity index is 1.94. The van der Waals surface area contributed by atoms with Gasteiger partial charge in [0.2, 0.25) is 0 Å². The molecule has 0 aliphatic heterocycles. The Labute approximate surface area is 121 Å².